The van der Waals surface area contributed by atoms with Crippen molar-refractivity contribution in [2.45, 2.75) is 116 Å². The summed E-state index contributed by atoms with van der Waals surface area (Å²) in [7, 11) is 0. The normalized spacial score (nSPS) is 11.6. The Balaban J connectivity index is -0.00000364. The van der Waals surface area contributed by atoms with Gasteiger partial charge in [0.1, 0.15) is 0 Å². The van der Waals surface area contributed by atoms with E-state index in [0.717, 1.165) is 19.3 Å². The largest absolute Gasteiger partial charge is 0.550 e. The second-order valence-electron chi connectivity index (χ2n) is 7.67. The summed E-state index contributed by atoms with van der Waals surface area (Å²) in [6, 6.07) is -0.902. The number of carbonyl (C=O) groups excluding carboxylic acids is 2. The second-order valence-corrected chi connectivity index (χ2v) is 7.67. The lowest BCUT2D eigenvalue weighted by Gasteiger charge is -2.19. The molecular formula is C23H49N3O4. The molecule has 1 atom stereocenters. The summed E-state index contributed by atoms with van der Waals surface area (Å²) in [5, 5.41) is 24.2. The summed E-state index contributed by atoms with van der Waals surface area (Å²) in [6.45, 7) is 2.83. The molecule has 0 aromatic rings. The van der Waals surface area contributed by atoms with E-state index in [-0.39, 0.29) is 25.1 Å². The van der Waals surface area contributed by atoms with Crippen LogP contribution in [0.3, 0.4) is 0 Å². The molecule has 0 radical (unpaired) electrons. The Hall–Kier alpha value is -1.44. The number of rotatable bonds is 21. The molecule has 0 aromatic carbocycles. The fraction of sp³-hybridized carbons (Fsp3) is 0.826. The lowest BCUT2D eigenvalue weighted by molar-refractivity contribution is -0.310. The second kappa shape index (κ2) is 25.6. The minimum Gasteiger partial charge on any atom is -0.550 e. The van der Waals surface area contributed by atoms with Crippen LogP contribution in [0.25, 0.3) is 0 Å². The van der Waals surface area contributed by atoms with E-state index in [1.54, 1.807) is 0 Å². The van der Waals surface area contributed by atoms with E-state index in [9.17, 15) is 19.8 Å². The Bertz CT molecular complexity index is 417. The van der Waals surface area contributed by atoms with E-state index >= 15 is 0 Å². The van der Waals surface area contributed by atoms with E-state index < -0.39 is 18.0 Å². The van der Waals surface area contributed by atoms with Gasteiger partial charge in [-0.05, 0) is 51.5 Å². The maximum Gasteiger partial charge on any atom is 0.0584 e. The molecule has 0 heterocycles. The van der Waals surface area contributed by atoms with Crippen molar-refractivity contribution in [1.29, 1.82) is 0 Å². The van der Waals surface area contributed by atoms with Crippen molar-refractivity contribution in [2.24, 2.45) is 0 Å². The number of unbranched alkanes of at least 4 members (excludes halogenated alkanes) is 12. The van der Waals surface area contributed by atoms with Gasteiger partial charge in [-0.25, -0.2) is 0 Å². The van der Waals surface area contributed by atoms with Gasteiger partial charge in [-0.1, -0.05) is 76.9 Å². The number of nitrogens with one attached hydrogen (secondary N) is 1. The van der Waals surface area contributed by atoms with E-state index in [1.807, 2.05) is 0 Å². The molecule has 7 nitrogen and oxygen atoms in total. The Morgan fingerprint density at radius 3 is 1.70 bits per heavy atom. The van der Waals surface area contributed by atoms with E-state index in [2.05, 4.69) is 24.4 Å². The first-order valence-electron chi connectivity index (χ1n) is 11.4. The standard InChI is InChI=1S/C23H43NO4.2H3N/c1-2-3-4-5-6-7-8-9-10-11-12-13-14-15-16-17-20-24-21(23(27)28)18-19-22(25)26;;/h9-10,21,24H,2-8,11-20H2,1H3,(H,25,26)(H,27,28);2*1H3/b10-9-;;/t21-;;/m0../s1. The first kappa shape index (κ1) is 33.2. The van der Waals surface area contributed by atoms with Crippen molar-refractivity contribution in [3.63, 3.8) is 0 Å². The average Bonchev–Trinajstić information content (AvgIpc) is 2.66. The first-order valence-corrected chi connectivity index (χ1v) is 11.4. The molecule has 0 saturated heterocycles. The van der Waals surface area contributed by atoms with Crippen LogP contribution in [0.15, 0.2) is 12.2 Å². The third-order valence-corrected chi connectivity index (χ3v) is 5.00. The maximum absolute atomic E-state index is 10.9. The molecule has 0 aliphatic carbocycles. The topological polar surface area (TPSA) is 165 Å². The van der Waals surface area contributed by atoms with E-state index in [0.29, 0.717) is 6.54 Å². The minimum absolute atomic E-state index is 0. The van der Waals surface area contributed by atoms with Crippen molar-refractivity contribution in [2.75, 3.05) is 6.54 Å². The highest BCUT2D eigenvalue weighted by atomic mass is 16.4. The monoisotopic (exact) mass is 431 g/mol. The molecule has 9 N–H and O–H groups in total. The van der Waals surface area contributed by atoms with Gasteiger partial charge < -0.3 is 37.4 Å². The number of carbonyl (C=O) groups is 2. The Morgan fingerprint density at radius 1 is 0.767 bits per heavy atom. The van der Waals surface area contributed by atoms with Crippen molar-refractivity contribution in [3.8, 4) is 0 Å². The molecule has 30 heavy (non-hydrogen) atoms. The van der Waals surface area contributed by atoms with Crippen LogP contribution in [0.2, 0.25) is 0 Å². The summed E-state index contributed by atoms with van der Waals surface area (Å²) in [5.41, 5.74) is 0. The molecule has 0 fully saturated rings. The zero-order valence-electron chi connectivity index (χ0n) is 19.9. The van der Waals surface area contributed by atoms with Crippen LogP contribution in [0.4, 0.5) is 0 Å². The number of allylic oxidation sites excluding steroid dienone is 2. The van der Waals surface area contributed by atoms with Gasteiger partial charge in [0.2, 0.25) is 0 Å². The summed E-state index contributed by atoms with van der Waals surface area (Å²) in [6.07, 6.45) is 21.7. The van der Waals surface area contributed by atoms with E-state index in [4.69, 9.17) is 0 Å². The maximum atomic E-state index is 10.9. The molecule has 0 spiro atoms. The van der Waals surface area contributed by atoms with Crippen LogP contribution in [0, 0.1) is 0 Å². The summed E-state index contributed by atoms with van der Waals surface area (Å²) >= 11 is 0. The fourth-order valence-corrected chi connectivity index (χ4v) is 3.21. The SMILES string of the molecule is CCCCCCCC/C=C\CCCCCCCCN[C@@H](CCC(=O)[O-])C(=O)[O-].[NH4+].[NH4+]. The Labute approximate surface area is 184 Å². The number of hydrogen-bond acceptors (Lipinski definition) is 5. The summed E-state index contributed by atoms with van der Waals surface area (Å²) in [4.78, 5) is 21.3. The highest BCUT2D eigenvalue weighted by Gasteiger charge is 2.08. The van der Waals surface area contributed by atoms with Crippen LogP contribution in [-0.4, -0.2) is 24.5 Å². The smallest absolute Gasteiger partial charge is 0.0584 e. The van der Waals surface area contributed by atoms with Gasteiger partial charge in [0.25, 0.3) is 0 Å². The molecule has 0 unspecified atom stereocenters. The number of hydrogen-bond donors (Lipinski definition) is 3. The van der Waals surface area contributed by atoms with Crippen molar-refractivity contribution in [1.82, 2.24) is 17.6 Å². The van der Waals surface area contributed by atoms with Gasteiger partial charge in [0, 0.05) is 12.0 Å². The van der Waals surface area contributed by atoms with Gasteiger partial charge in [-0.3, -0.25) is 0 Å². The molecular weight excluding hydrogens is 382 g/mol. The van der Waals surface area contributed by atoms with Gasteiger partial charge >= 0.3 is 0 Å². The van der Waals surface area contributed by atoms with Crippen LogP contribution < -0.4 is 27.8 Å². The Morgan fingerprint density at radius 2 is 1.23 bits per heavy atom. The molecule has 0 bridgehead atoms. The first-order chi connectivity index (χ1) is 13.6. The Kier molecular flexibility index (Phi) is 28.3. The zero-order chi connectivity index (χ0) is 20.9. The quantitative estimate of drug-likeness (QED) is 0.184. The molecule has 0 saturated carbocycles. The van der Waals surface area contributed by atoms with Gasteiger partial charge in [-0.2, -0.15) is 0 Å². The summed E-state index contributed by atoms with van der Waals surface area (Å²) in [5.74, 6) is -2.48. The van der Waals surface area contributed by atoms with E-state index in [1.165, 1.54) is 70.6 Å². The molecule has 0 aliphatic rings. The highest BCUT2D eigenvalue weighted by Crippen LogP contribution is 2.10. The van der Waals surface area contributed by atoms with Crippen LogP contribution in [-0.2, 0) is 9.59 Å². The van der Waals surface area contributed by atoms with Crippen LogP contribution >= 0.6 is 0 Å². The van der Waals surface area contributed by atoms with Crippen LogP contribution in [0.5, 0.6) is 0 Å². The number of carboxylic acid groups (broad SMARTS) is 2. The van der Waals surface area contributed by atoms with Crippen LogP contribution in [0.1, 0.15) is 110 Å². The molecule has 0 rings (SSSR count). The predicted molar refractivity (Wildman–Crippen MR) is 122 cm³/mol. The number of carboxylic acids is 2. The predicted octanol–water partition coefficient (Wildman–Crippen LogP) is 4.01. The van der Waals surface area contributed by atoms with Crippen molar-refractivity contribution < 1.29 is 19.8 Å². The fourth-order valence-electron chi connectivity index (χ4n) is 3.21. The van der Waals surface area contributed by atoms with Crippen molar-refractivity contribution >= 4 is 11.9 Å². The third kappa shape index (κ3) is 24.6. The minimum atomic E-state index is -1.24. The molecule has 180 valence electrons. The highest BCUT2D eigenvalue weighted by molar-refractivity contribution is 5.72. The zero-order valence-corrected chi connectivity index (χ0v) is 19.9. The summed E-state index contributed by atoms with van der Waals surface area (Å²) < 4.78 is 0. The number of quaternary nitrogens is 2. The lowest BCUT2D eigenvalue weighted by atomic mass is 10.1. The molecule has 0 aromatic heterocycles. The van der Waals surface area contributed by atoms with Gasteiger partial charge in [0.05, 0.1) is 5.97 Å². The lowest BCUT2D eigenvalue weighted by Crippen LogP contribution is -2.46. The van der Waals surface area contributed by atoms with Gasteiger partial charge in [0.15, 0.2) is 0 Å². The number of aliphatic carboxylic acids is 2. The molecule has 0 aliphatic heterocycles. The van der Waals surface area contributed by atoms with Crippen molar-refractivity contribution in [3.05, 3.63) is 12.2 Å². The third-order valence-electron chi connectivity index (χ3n) is 5.00. The van der Waals surface area contributed by atoms with Gasteiger partial charge in [-0.15, -0.1) is 0 Å². The average molecular weight is 432 g/mol. The molecule has 0 amide bonds. The molecule has 7 heteroatoms.